The standard InChI is InChI=1S/C25H27F6N3O5/c1-22(2,3)39-21(36)33-11-24(37,25(29,30)31)16-9-15-19(18(34-16)13-5-7-14(26)8-6-13)38-12-23(15,4)20(35)32-10-17(27)28/h5-9,17,37H,10-12H2,1-4H3,(H,32,35)(H,33,36)/t23-,24-/m0/s1. The molecule has 0 aliphatic carbocycles. The van der Waals surface area contributed by atoms with Gasteiger partial charge in [0.2, 0.25) is 11.5 Å². The average molecular weight is 563 g/mol. The van der Waals surface area contributed by atoms with Crippen molar-refractivity contribution < 1.29 is 50.5 Å². The Bertz CT molecular complexity index is 1230. The van der Waals surface area contributed by atoms with Gasteiger partial charge in [0.25, 0.3) is 6.43 Å². The fourth-order valence-corrected chi connectivity index (χ4v) is 3.80. The van der Waals surface area contributed by atoms with Crippen LogP contribution >= 0.6 is 0 Å². The van der Waals surface area contributed by atoms with Crippen molar-refractivity contribution in [2.75, 3.05) is 19.7 Å². The summed E-state index contributed by atoms with van der Waals surface area (Å²) >= 11 is 0. The van der Waals surface area contributed by atoms with Gasteiger partial charge in [0.05, 0.1) is 18.8 Å². The SMILES string of the molecule is CC(C)(C)OC(=O)NC[C@](O)(c1cc2c(c(-c3ccc(F)cc3)n1)OC[C@]2(C)C(=O)NCC(F)F)C(F)(F)F. The molecule has 2 aromatic rings. The Morgan fingerprint density at radius 3 is 2.31 bits per heavy atom. The van der Waals surface area contributed by atoms with Gasteiger partial charge in [0.15, 0.2) is 0 Å². The summed E-state index contributed by atoms with van der Waals surface area (Å²) in [5.74, 6) is -1.77. The number of nitrogens with one attached hydrogen (secondary N) is 2. The van der Waals surface area contributed by atoms with E-state index in [0.717, 1.165) is 18.2 Å². The highest BCUT2D eigenvalue weighted by Gasteiger charge is 2.58. The number of fused-ring (bicyclic) bond motifs is 1. The molecular weight excluding hydrogens is 536 g/mol. The number of aliphatic hydroxyl groups is 1. The van der Waals surface area contributed by atoms with Gasteiger partial charge >= 0.3 is 12.3 Å². The van der Waals surface area contributed by atoms with Gasteiger partial charge < -0.3 is 25.2 Å². The fraction of sp³-hybridized carbons (Fsp3) is 0.480. The van der Waals surface area contributed by atoms with Crippen molar-refractivity contribution in [1.29, 1.82) is 0 Å². The summed E-state index contributed by atoms with van der Waals surface area (Å²) in [6, 6.07) is 5.20. The molecule has 3 rings (SSSR count). The van der Waals surface area contributed by atoms with Crippen LogP contribution in [-0.2, 0) is 20.5 Å². The second-order valence-corrected chi connectivity index (χ2v) is 10.2. The van der Waals surface area contributed by atoms with Crippen LogP contribution in [0, 0.1) is 5.82 Å². The van der Waals surface area contributed by atoms with Crippen molar-refractivity contribution in [3.05, 3.63) is 47.4 Å². The van der Waals surface area contributed by atoms with E-state index in [0.29, 0.717) is 0 Å². The van der Waals surface area contributed by atoms with E-state index in [1.54, 1.807) is 0 Å². The number of hydrogen-bond donors (Lipinski definition) is 3. The molecular formula is C25H27F6N3O5. The van der Waals surface area contributed by atoms with E-state index in [4.69, 9.17) is 9.47 Å². The minimum absolute atomic E-state index is 0.0800. The summed E-state index contributed by atoms with van der Waals surface area (Å²) < 4.78 is 92.7. The number of alkyl halides is 5. The van der Waals surface area contributed by atoms with Crippen molar-refractivity contribution in [1.82, 2.24) is 15.6 Å². The number of halogens is 6. The first-order valence-corrected chi connectivity index (χ1v) is 11.6. The highest BCUT2D eigenvalue weighted by atomic mass is 19.4. The van der Waals surface area contributed by atoms with E-state index >= 15 is 0 Å². The van der Waals surface area contributed by atoms with Crippen LogP contribution in [0.4, 0.5) is 31.1 Å². The molecule has 3 N–H and O–H groups in total. The fourth-order valence-electron chi connectivity index (χ4n) is 3.80. The molecule has 0 fully saturated rings. The normalized spacial score (nSPS) is 18.7. The number of carbonyl (C=O) groups excluding carboxylic acids is 2. The van der Waals surface area contributed by atoms with Gasteiger partial charge in [-0.25, -0.2) is 22.9 Å². The number of hydrogen-bond acceptors (Lipinski definition) is 6. The Kier molecular flexibility index (Phi) is 8.11. The quantitative estimate of drug-likeness (QED) is 0.436. The zero-order valence-electron chi connectivity index (χ0n) is 21.4. The summed E-state index contributed by atoms with van der Waals surface area (Å²) in [5, 5.41) is 14.8. The maximum atomic E-state index is 14.4. The van der Waals surface area contributed by atoms with Crippen LogP contribution in [0.3, 0.4) is 0 Å². The number of amides is 2. The minimum atomic E-state index is -5.41. The van der Waals surface area contributed by atoms with Gasteiger partial charge in [-0.15, -0.1) is 0 Å². The number of aromatic nitrogens is 1. The molecule has 0 saturated heterocycles. The predicted molar refractivity (Wildman–Crippen MR) is 126 cm³/mol. The number of nitrogens with zero attached hydrogens (tertiary/aromatic N) is 1. The molecule has 0 radical (unpaired) electrons. The van der Waals surface area contributed by atoms with Crippen LogP contribution in [0.1, 0.15) is 39.0 Å². The highest BCUT2D eigenvalue weighted by molar-refractivity contribution is 5.91. The summed E-state index contributed by atoms with van der Waals surface area (Å²) in [5.41, 5.74) is -8.00. The van der Waals surface area contributed by atoms with Crippen LogP contribution in [0.15, 0.2) is 30.3 Å². The number of carbonyl (C=O) groups is 2. The van der Waals surface area contributed by atoms with Crippen LogP contribution in [0.2, 0.25) is 0 Å². The highest BCUT2D eigenvalue weighted by Crippen LogP contribution is 2.48. The predicted octanol–water partition coefficient (Wildman–Crippen LogP) is 4.19. The third-order valence-electron chi connectivity index (χ3n) is 5.89. The van der Waals surface area contributed by atoms with E-state index in [-0.39, 0.29) is 22.6 Å². The van der Waals surface area contributed by atoms with Crippen molar-refractivity contribution in [2.45, 2.75) is 56.9 Å². The second-order valence-electron chi connectivity index (χ2n) is 10.2. The Morgan fingerprint density at radius 2 is 1.77 bits per heavy atom. The molecule has 2 amide bonds. The first-order valence-electron chi connectivity index (χ1n) is 11.6. The zero-order valence-corrected chi connectivity index (χ0v) is 21.4. The lowest BCUT2D eigenvalue weighted by molar-refractivity contribution is -0.265. The Labute approximate surface area is 219 Å². The topological polar surface area (TPSA) is 110 Å². The van der Waals surface area contributed by atoms with Gasteiger partial charge in [-0.05, 0) is 58.0 Å². The third-order valence-corrected chi connectivity index (χ3v) is 5.89. The van der Waals surface area contributed by atoms with Crippen LogP contribution in [-0.4, -0.2) is 60.0 Å². The molecule has 1 aliphatic heterocycles. The molecule has 0 saturated carbocycles. The monoisotopic (exact) mass is 563 g/mol. The average Bonchev–Trinajstić information content (AvgIpc) is 3.17. The Morgan fingerprint density at radius 1 is 1.15 bits per heavy atom. The first kappa shape index (κ1) is 30.0. The Balaban J connectivity index is 2.18. The molecule has 1 aromatic heterocycles. The maximum Gasteiger partial charge on any atom is 0.424 e. The van der Waals surface area contributed by atoms with E-state index in [9.17, 15) is 41.0 Å². The molecule has 14 heteroatoms. The van der Waals surface area contributed by atoms with Gasteiger partial charge in [0.1, 0.15) is 34.9 Å². The van der Waals surface area contributed by atoms with Crippen molar-refractivity contribution >= 4 is 12.0 Å². The summed E-state index contributed by atoms with van der Waals surface area (Å²) in [6.45, 7) is 2.84. The van der Waals surface area contributed by atoms with Crippen molar-refractivity contribution in [3.8, 4) is 17.0 Å². The number of pyridine rings is 1. The molecule has 1 aliphatic rings. The number of rotatable bonds is 7. The minimum Gasteiger partial charge on any atom is -0.489 e. The van der Waals surface area contributed by atoms with E-state index < -0.39 is 72.4 Å². The van der Waals surface area contributed by atoms with Gasteiger partial charge in [0, 0.05) is 11.1 Å². The molecule has 1 aromatic carbocycles. The Hall–Kier alpha value is -3.55. The molecule has 0 unspecified atom stereocenters. The number of benzene rings is 1. The maximum absolute atomic E-state index is 14.4. The number of alkyl carbamates (subject to hydrolysis) is 1. The van der Waals surface area contributed by atoms with E-state index in [1.807, 2.05) is 10.6 Å². The molecule has 8 nitrogen and oxygen atoms in total. The van der Waals surface area contributed by atoms with Gasteiger partial charge in [-0.2, -0.15) is 13.2 Å². The third kappa shape index (κ3) is 6.37. The molecule has 0 spiro atoms. The van der Waals surface area contributed by atoms with Crippen LogP contribution in [0.25, 0.3) is 11.3 Å². The lowest BCUT2D eigenvalue weighted by Gasteiger charge is -2.32. The van der Waals surface area contributed by atoms with Crippen molar-refractivity contribution in [2.24, 2.45) is 0 Å². The first-order chi connectivity index (χ1) is 17.9. The zero-order chi connectivity index (χ0) is 29.4. The molecule has 0 bridgehead atoms. The van der Waals surface area contributed by atoms with Crippen LogP contribution < -0.4 is 15.4 Å². The molecule has 2 atom stereocenters. The lowest BCUT2D eigenvalue weighted by Crippen LogP contribution is -2.52. The van der Waals surface area contributed by atoms with Crippen LogP contribution in [0.5, 0.6) is 5.75 Å². The largest absolute Gasteiger partial charge is 0.489 e. The van der Waals surface area contributed by atoms with Crippen molar-refractivity contribution in [3.63, 3.8) is 0 Å². The summed E-state index contributed by atoms with van der Waals surface area (Å²) in [4.78, 5) is 28.9. The summed E-state index contributed by atoms with van der Waals surface area (Å²) in [7, 11) is 0. The smallest absolute Gasteiger partial charge is 0.424 e. The molecule has 39 heavy (non-hydrogen) atoms. The lowest BCUT2D eigenvalue weighted by atomic mass is 9.81. The summed E-state index contributed by atoms with van der Waals surface area (Å²) in [6.07, 6.45) is -9.54. The van der Waals surface area contributed by atoms with E-state index in [2.05, 4.69) is 4.98 Å². The van der Waals surface area contributed by atoms with Gasteiger partial charge in [-0.3, -0.25) is 4.79 Å². The second kappa shape index (κ2) is 10.5. The van der Waals surface area contributed by atoms with Gasteiger partial charge in [-0.1, -0.05) is 0 Å². The van der Waals surface area contributed by atoms with E-state index in [1.165, 1.54) is 39.8 Å². The number of ether oxygens (including phenoxy) is 2. The molecule has 2 heterocycles. The molecule has 214 valence electrons.